The Kier molecular flexibility index (Phi) is 19.0. The van der Waals surface area contributed by atoms with E-state index in [4.69, 9.17) is 0 Å². The number of nitrogens with zero attached hydrogens (tertiary/aromatic N) is 6. The molecule has 4 rings (SSSR count). The molecule has 0 aliphatic rings. The van der Waals surface area contributed by atoms with E-state index in [0.29, 0.717) is 0 Å². The molecule has 0 aliphatic carbocycles. The fourth-order valence-electron chi connectivity index (χ4n) is 7.07. The zero-order chi connectivity index (χ0) is 40.2. The van der Waals surface area contributed by atoms with Gasteiger partial charge in [-0.1, -0.05) is 45.9 Å². The normalized spacial score (nSPS) is 12.2. The van der Waals surface area contributed by atoms with Crippen LogP contribution in [0.15, 0.2) is 97.3 Å². The average molecular weight is 797 g/mol. The van der Waals surface area contributed by atoms with Crippen LogP contribution in [-0.4, -0.2) is 101 Å². The number of pyridine rings is 2. The van der Waals surface area contributed by atoms with Crippen LogP contribution in [0.3, 0.4) is 0 Å². The maximum atomic E-state index is 2.40. The van der Waals surface area contributed by atoms with E-state index in [-0.39, 0.29) is 0 Å². The van der Waals surface area contributed by atoms with E-state index < -0.39 is 0 Å². The minimum Gasteiger partial charge on any atom is -0.372 e. The second kappa shape index (κ2) is 23.6. The standard InChI is InChI=1S/C48H72N6S2/c1-9-49(10-2)47-29-23-43(24-30-47)21-27-45-19-13-15-33-51(45)35-17-37-53(5,6)39-41-55-56-42-40-54(7,8)38-18-36-52-34-16-14-20-46(52)28-22-44-25-31-48(32-26-44)50(11-3)12-4/h13-16,19-34H,9-12,17-18,35-42H2,1-8H3/q+4. The van der Waals surface area contributed by atoms with Gasteiger partial charge in [-0.3, -0.25) is 0 Å². The van der Waals surface area contributed by atoms with E-state index in [0.717, 1.165) is 61.1 Å². The molecule has 0 spiro atoms. The highest BCUT2D eigenvalue weighted by Gasteiger charge is 2.19. The molecule has 0 N–H and O–H groups in total. The predicted octanol–water partition coefficient (Wildman–Crippen LogP) is 9.31. The molecule has 8 heteroatoms. The number of anilines is 2. The zero-order valence-corrected chi connectivity index (χ0v) is 37.6. The van der Waals surface area contributed by atoms with Crippen molar-refractivity contribution in [3.63, 3.8) is 0 Å². The number of rotatable bonds is 25. The third-order valence-electron chi connectivity index (χ3n) is 10.9. The van der Waals surface area contributed by atoms with Crippen molar-refractivity contribution in [1.29, 1.82) is 0 Å². The van der Waals surface area contributed by atoms with Gasteiger partial charge in [0, 0.05) is 74.0 Å². The fourth-order valence-corrected chi connectivity index (χ4v) is 9.60. The Bertz CT molecular complexity index is 1630. The number of hydrogen-bond acceptors (Lipinski definition) is 4. The molecule has 2 aromatic carbocycles. The number of aryl methyl sites for hydroxylation is 2. The molecule has 56 heavy (non-hydrogen) atoms. The van der Waals surface area contributed by atoms with Crippen LogP contribution in [0.5, 0.6) is 0 Å². The van der Waals surface area contributed by atoms with Gasteiger partial charge in [-0.15, -0.1) is 0 Å². The summed E-state index contributed by atoms with van der Waals surface area (Å²) in [6.45, 7) is 19.8. The topological polar surface area (TPSA) is 14.2 Å². The lowest BCUT2D eigenvalue weighted by Crippen LogP contribution is -2.45. The first-order valence-electron chi connectivity index (χ1n) is 21.0. The Morgan fingerprint density at radius 3 is 1.21 bits per heavy atom. The summed E-state index contributed by atoms with van der Waals surface area (Å²) in [6.07, 6.45) is 15.8. The molecule has 302 valence electrons. The minimum absolute atomic E-state index is 1.03. The molecule has 0 bridgehead atoms. The van der Waals surface area contributed by atoms with E-state index >= 15 is 0 Å². The van der Waals surface area contributed by atoms with Crippen molar-refractivity contribution in [2.24, 2.45) is 0 Å². The molecule has 0 saturated heterocycles. The van der Waals surface area contributed by atoms with Gasteiger partial charge < -0.3 is 18.8 Å². The lowest BCUT2D eigenvalue weighted by molar-refractivity contribution is -0.890. The quantitative estimate of drug-likeness (QED) is 0.0287. The molecule has 0 fully saturated rings. The summed E-state index contributed by atoms with van der Waals surface area (Å²) in [5, 5.41) is 0. The first kappa shape index (κ1) is 45.1. The van der Waals surface area contributed by atoms with Crippen LogP contribution in [0, 0.1) is 0 Å². The Morgan fingerprint density at radius 2 is 0.857 bits per heavy atom. The largest absolute Gasteiger partial charge is 0.372 e. The van der Waals surface area contributed by atoms with Crippen LogP contribution < -0.4 is 18.9 Å². The van der Waals surface area contributed by atoms with E-state index in [1.165, 1.54) is 71.6 Å². The third-order valence-corrected chi connectivity index (χ3v) is 13.2. The maximum absolute atomic E-state index is 2.40. The predicted molar refractivity (Wildman–Crippen MR) is 249 cm³/mol. The highest BCUT2D eigenvalue weighted by atomic mass is 33.1. The summed E-state index contributed by atoms with van der Waals surface area (Å²) in [6, 6.07) is 30.9. The molecule has 2 heterocycles. The van der Waals surface area contributed by atoms with Crippen LogP contribution in [0.2, 0.25) is 0 Å². The molecular formula is C48H72N6S2+4. The second-order valence-electron chi connectivity index (χ2n) is 15.9. The smallest absolute Gasteiger partial charge is 0.205 e. The first-order valence-corrected chi connectivity index (χ1v) is 23.5. The molecule has 0 aliphatic heterocycles. The van der Waals surface area contributed by atoms with E-state index in [9.17, 15) is 0 Å². The van der Waals surface area contributed by atoms with E-state index in [1.807, 2.05) is 0 Å². The monoisotopic (exact) mass is 797 g/mol. The minimum atomic E-state index is 1.03. The molecule has 4 aromatic rings. The maximum Gasteiger partial charge on any atom is 0.205 e. The molecular weight excluding hydrogens is 725 g/mol. The van der Waals surface area contributed by atoms with Gasteiger partial charge in [0.05, 0.1) is 78.7 Å². The van der Waals surface area contributed by atoms with Crippen molar-refractivity contribution < 1.29 is 18.1 Å². The number of benzene rings is 2. The highest BCUT2D eigenvalue weighted by Crippen LogP contribution is 2.23. The van der Waals surface area contributed by atoms with Crippen molar-refractivity contribution in [2.75, 3.05) is 102 Å². The lowest BCUT2D eigenvalue weighted by Gasteiger charge is -2.30. The van der Waals surface area contributed by atoms with Gasteiger partial charge in [0.2, 0.25) is 11.4 Å². The molecule has 0 saturated carbocycles. The van der Waals surface area contributed by atoms with Crippen molar-refractivity contribution in [3.05, 3.63) is 120 Å². The van der Waals surface area contributed by atoms with Crippen LogP contribution in [0.4, 0.5) is 11.4 Å². The summed E-state index contributed by atoms with van der Waals surface area (Å²) < 4.78 is 6.91. The Labute approximate surface area is 349 Å². The van der Waals surface area contributed by atoms with Gasteiger partial charge in [0.1, 0.15) is 0 Å². The Hall–Kier alpha value is -3.56. The van der Waals surface area contributed by atoms with Gasteiger partial charge >= 0.3 is 0 Å². The molecule has 0 amide bonds. The summed E-state index contributed by atoms with van der Waals surface area (Å²) in [5.74, 6) is 2.37. The Balaban J connectivity index is 1.12. The van der Waals surface area contributed by atoms with Crippen molar-refractivity contribution >= 4 is 57.3 Å². The summed E-state index contributed by atoms with van der Waals surface area (Å²) in [4.78, 5) is 4.77. The molecule has 6 nitrogen and oxygen atoms in total. The average Bonchev–Trinajstić information content (AvgIpc) is 3.20. The van der Waals surface area contributed by atoms with Crippen LogP contribution >= 0.6 is 21.6 Å². The third kappa shape index (κ3) is 15.4. The first-order chi connectivity index (χ1) is 27.1. The fraction of sp³-hybridized carbons (Fsp3) is 0.458. The van der Waals surface area contributed by atoms with E-state index in [2.05, 4.69) is 218 Å². The van der Waals surface area contributed by atoms with E-state index in [1.54, 1.807) is 0 Å². The molecule has 2 aromatic heterocycles. The van der Waals surface area contributed by atoms with Crippen molar-refractivity contribution in [2.45, 2.75) is 53.6 Å². The van der Waals surface area contributed by atoms with Crippen LogP contribution in [0.25, 0.3) is 24.3 Å². The van der Waals surface area contributed by atoms with Gasteiger partial charge in [0.15, 0.2) is 25.5 Å². The number of hydrogen-bond donors (Lipinski definition) is 0. The van der Waals surface area contributed by atoms with Crippen molar-refractivity contribution in [3.8, 4) is 0 Å². The number of quaternary nitrogens is 2. The van der Waals surface area contributed by atoms with Gasteiger partial charge in [-0.25, -0.2) is 0 Å². The summed E-state index contributed by atoms with van der Waals surface area (Å²) >= 11 is 0. The van der Waals surface area contributed by atoms with Crippen LogP contribution in [-0.2, 0) is 13.1 Å². The van der Waals surface area contributed by atoms with Crippen LogP contribution in [0.1, 0.15) is 63.1 Å². The SMILES string of the molecule is CCN(CC)c1ccc(/C=C/c2cccc[n+]2CCC[N+](C)(C)CCSSCC[N+](C)(C)CCC[n+]2ccccc2/C=C/c2ccc(N(CC)CC)cc2)cc1. The zero-order valence-electron chi connectivity index (χ0n) is 35.9. The number of aromatic nitrogens is 2. The second-order valence-corrected chi connectivity index (χ2v) is 18.7. The lowest BCUT2D eigenvalue weighted by atomic mass is 10.1. The molecule has 0 radical (unpaired) electrons. The van der Waals surface area contributed by atoms with Crippen molar-refractivity contribution in [1.82, 2.24) is 0 Å². The molecule has 0 unspecified atom stereocenters. The van der Waals surface area contributed by atoms with Gasteiger partial charge in [-0.2, -0.15) is 9.13 Å². The Morgan fingerprint density at radius 1 is 0.482 bits per heavy atom. The van der Waals surface area contributed by atoms with Gasteiger partial charge in [0.25, 0.3) is 0 Å². The summed E-state index contributed by atoms with van der Waals surface area (Å²) in [7, 11) is 13.7. The summed E-state index contributed by atoms with van der Waals surface area (Å²) in [5.41, 5.74) is 7.56. The van der Waals surface area contributed by atoms with Gasteiger partial charge in [-0.05, 0) is 87.4 Å². The highest BCUT2D eigenvalue weighted by molar-refractivity contribution is 8.76. The molecule has 0 atom stereocenters.